The SMILES string of the molecule is CCN(CC)CCn1c(NC(=O)c2ccc3c(c2)CCN3C(C)=O)nc2ccccc21. The number of aromatic nitrogens is 2. The minimum atomic E-state index is -0.191. The Bertz CT molecular complexity index is 1120. The van der Waals surface area contributed by atoms with Gasteiger partial charge in [0, 0.05) is 37.8 Å². The first kappa shape index (κ1) is 21.1. The number of nitrogens with zero attached hydrogens (tertiary/aromatic N) is 4. The molecular weight excluding hydrogens is 390 g/mol. The zero-order valence-electron chi connectivity index (χ0n) is 18.4. The minimum absolute atomic E-state index is 0.0258. The fourth-order valence-corrected chi connectivity index (χ4v) is 4.22. The van der Waals surface area contributed by atoms with E-state index in [0.717, 1.165) is 54.9 Å². The first-order valence-electron chi connectivity index (χ1n) is 10.9. The molecule has 0 saturated carbocycles. The van der Waals surface area contributed by atoms with Crippen LogP contribution in [0.25, 0.3) is 11.0 Å². The average Bonchev–Trinajstić information content (AvgIpc) is 3.35. The minimum Gasteiger partial charge on any atom is -0.312 e. The standard InChI is InChI=1S/C24H29N5O2/c1-4-27(5-2)14-15-29-22-9-7-6-8-20(22)25-24(29)26-23(31)19-10-11-21-18(16-19)12-13-28(21)17(3)30/h6-11,16H,4-5,12-15H2,1-3H3,(H,25,26,31). The molecule has 1 N–H and O–H groups in total. The molecule has 31 heavy (non-hydrogen) atoms. The Balaban J connectivity index is 1.59. The molecule has 2 aromatic carbocycles. The second-order valence-corrected chi connectivity index (χ2v) is 7.82. The van der Waals surface area contributed by atoms with Crippen LogP contribution in [0.1, 0.15) is 36.7 Å². The summed E-state index contributed by atoms with van der Waals surface area (Å²) in [6.45, 7) is 10.1. The lowest BCUT2D eigenvalue weighted by Crippen LogP contribution is -2.27. The van der Waals surface area contributed by atoms with E-state index < -0.39 is 0 Å². The average molecular weight is 420 g/mol. The molecule has 2 amide bonds. The smallest absolute Gasteiger partial charge is 0.257 e. The fourth-order valence-electron chi connectivity index (χ4n) is 4.22. The quantitative estimate of drug-likeness (QED) is 0.636. The number of carbonyl (C=O) groups excluding carboxylic acids is 2. The van der Waals surface area contributed by atoms with Gasteiger partial charge in [0.25, 0.3) is 5.91 Å². The van der Waals surface area contributed by atoms with Crippen molar-refractivity contribution in [1.82, 2.24) is 14.5 Å². The monoisotopic (exact) mass is 419 g/mol. The highest BCUT2D eigenvalue weighted by Crippen LogP contribution is 2.29. The van der Waals surface area contributed by atoms with Crippen LogP contribution in [0.4, 0.5) is 11.6 Å². The topological polar surface area (TPSA) is 70.5 Å². The number of anilines is 2. The van der Waals surface area contributed by atoms with Gasteiger partial charge in [0.2, 0.25) is 11.9 Å². The first-order chi connectivity index (χ1) is 15.0. The van der Waals surface area contributed by atoms with Crippen LogP contribution in [0.5, 0.6) is 0 Å². The third-order valence-corrected chi connectivity index (χ3v) is 6.03. The van der Waals surface area contributed by atoms with Gasteiger partial charge in [0.15, 0.2) is 0 Å². The molecule has 7 nitrogen and oxygen atoms in total. The highest BCUT2D eigenvalue weighted by atomic mass is 16.2. The highest BCUT2D eigenvalue weighted by Gasteiger charge is 2.23. The van der Waals surface area contributed by atoms with Crippen molar-refractivity contribution in [3.8, 4) is 0 Å². The predicted molar refractivity (Wildman–Crippen MR) is 124 cm³/mol. The van der Waals surface area contributed by atoms with Crippen LogP contribution in [-0.2, 0) is 17.8 Å². The van der Waals surface area contributed by atoms with Crippen molar-refractivity contribution < 1.29 is 9.59 Å². The number of likely N-dealkylation sites (N-methyl/N-ethyl adjacent to an activating group) is 1. The summed E-state index contributed by atoms with van der Waals surface area (Å²) in [6.07, 6.45) is 0.762. The molecule has 0 bridgehead atoms. The van der Waals surface area contributed by atoms with E-state index in [1.807, 2.05) is 36.4 Å². The molecule has 1 aromatic heterocycles. The van der Waals surface area contributed by atoms with Crippen LogP contribution in [0, 0.1) is 0 Å². The van der Waals surface area contributed by atoms with Gasteiger partial charge in [-0.2, -0.15) is 0 Å². The first-order valence-corrected chi connectivity index (χ1v) is 10.9. The summed E-state index contributed by atoms with van der Waals surface area (Å²) >= 11 is 0. The number of amides is 2. The zero-order valence-corrected chi connectivity index (χ0v) is 18.4. The maximum atomic E-state index is 13.1. The Kier molecular flexibility index (Phi) is 6.04. The Hall–Kier alpha value is -3.19. The van der Waals surface area contributed by atoms with Crippen molar-refractivity contribution in [2.75, 3.05) is 36.4 Å². The van der Waals surface area contributed by atoms with Crippen LogP contribution in [0.3, 0.4) is 0 Å². The number of nitrogens with one attached hydrogen (secondary N) is 1. The van der Waals surface area contributed by atoms with Crippen molar-refractivity contribution in [3.63, 3.8) is 0 Å². The van der Waals surface area contributed by atoms with Crippen LogP contribution < -0.4 is 10.2 Å². The van der Waals surface area contributed by atoms with Gasteiger partial charge in [0.05, 0.1) is 11.0 Å². The Morgan fingerprint density at radius 2 is 1.90 bits per heavy atom. The molecule has 0 radical (unpaired) electrons. The van der Waals surface area contributed by atoms with Crippen LogP contribution >= 0.6 is 0 Å². The molecule has 0 unspecified atom stereocenters. The van der Waals surface area contributed by atoms with Crippen LogP contribution in [0.15, 0.2) is 42.5 Å². The fraction of sp³-hybridized carbons (Fsp3) is 0.375. The normalized spacial score (nSPS) is 13.1. The second-order valence-electron chi connectivity index (χ2n) is 7.82. The number of fused-ring (bicyclic) bond motifs is 2. The molecule has 1 aliphatic heterocycles. The number of carbonyl (C=O) groups is 2. The molecule has 0 fully saturated rings. The molecule has 3 aromatic rings. The Morgan fingerprint density at radius 1 is 1.13 bits per heavy atom. The lowest BCUT2D eigenvalue weighted by Gasteiger charge is -2.19. The summed E-state index contributed by atoms with van der Waals surface area (Å²) in [7, 11) is 0. The summed E-state index contributed by atoms with van der Waals surface area (Å²) < 4.78 is 2.08. The number of hydrogen-bond donors (Lipinski definition) is 1. The summed E-state index contributed by atoms with van der Waals surface area (Å²) in [6, 6.07) is 13.5. The third-order valence-electron chi connectivity index (χ3n) is 6.03. The summed E-state index contributed by atoms with van der Waals surface area (Å²) in [5, 5.41) is 3.02. The van der Waals surface area contributed by atoms with Crippen molar-refractivity contribution in [1.29, 1.82) is 0 Å². The van der Waals surface area contributed by atoms with Gasteiger partial charge in [0.1, 0.15) is 0 Å². The number of rotatable bonds is 7. The van der Waals surface area contributed by atoms with Gasteiger partial charge in [-0.25, -0.2) is 4.98 Å². The molecule has 0 saturated heterocycles. The number of hydrogen-bond acceptors (Lipinski definition) is 4. The van der Waals surface area contributed by atoms with Gasteiger partial charge >= 0.3 is 0 Å². The third kappa shape index (κ3) is 4.18. The molecule has 1 aliphatic rings. The molecule has 0 atom stereocenters. The van der Waals surface area contributed by atoms with E-state index in [1.54, 1.807) is 17.9 Å². The van der Waals surface area contributed by atoms with Gasteiger partial charge in [-0.05, 0) is 55.4 Å². The van der Waals surface area contributed by atoms with Gasteiger partial charge in [-0.3, -0.25) is 14.9 Å². The van der Waals surface area contributed by atoms with E-state index in [0.29, 0.717) is 18.1 Å². The van der Waals surface area contributed by atoms with E-state index in [4.69, 9.17) is 0 Å². The summed E-state index contributed by atoms with van der Waals surface area (Å²) in [5.74, 6) is 0.394. The summed E-state index contributed by atoms with van der Waals surface area (Å²) in [4.78, 5) is 33.6. The van der Waals surface area contributed by atoms with Crippen molar-refractivity contribution in [3.05, 3.63) is 53.6 Å². The maximum absolute atomic E-state index is 13.1. The van der Waals surface area contributed by atoms with Crippen molar-refractivity contribution >= 4 is 34.5 Å². The number of para-hydroxylation sites is 2. The number of benzene rings is 2. The number of imidazole rings is 1. The second kappa shape index (κ2) is 8.89. The van der Waals surface area contributed by atoms with Gasteiger partial charge in [-0.15, -0.1) is 0 Å². The van der Waals surface area contributed by atoms with Crippen LogP contribution in [-0.4, -0.2) is 52.4 Å². The van der Waals surface area contributed by atoms with E-state index >= 15 is 0 Å². The zero-order chi connectivity index (χ0) is 22.0. The van der Waals surface area contributed by atoms with E-state index in [9.17, 15) is 9.59 Å². The molecule has 0 aliphatic carbocycles. The lowest BCUT2D eigenvalue weighted by molar-refractivity contribution is -0.116. The molecule has 0 spiro atoms. The molecule has 2 heterocycles. The van der Waals surface area contributed by atoms with Crippen molar-refractivity contribution in [2.45, 2.75) is 33.7 Å². The van der Waals surface area contributed by atoms with Gasteiger partial charge < -0.3 is 14.4 Å². The summed E-state index contributed by atoms with van der Waals surface area (Å²) in [5.41, 5.74) is 4.37. The Morgan fingerprint density at radius 3 is 2.65 bits per heavy atom. The van der Waals surface area contributed by atoms with Crippen LogP contribution in [0.2, 0.25) is 0 Å². The molecule has 4 rings (SSSR count). The highest BCUT2D eigenvalue weighted by molar-refractivity contribution is 6.05. The van der Waals surface area contributed by atoms with E-state index in [2.05, 4.69) is 33.6 Å². The maximum Gasteiger partial charge on any atom is 0.257 e. The molecule has 162 valence electrons. The molecule has 7 heteroatoms. The van der Waals surface area contributed by atoms with E-state index in [1.165, 1.54) is 0 Å². The predicted octanol–water partition coefficient (Wildman–Crippen LogP) is 3.54. The Labute approximate surface area is 182 Å². The van der Waals surface area contributed by atoms with Gasteiger partial charge in [-0.1, -0.05) is 26.0 Å². The molecular formula is C24H29N5O2. The lowest BCUT2D eigenvalue weighted by atomic mass is 10.1. The van der Waals surface area contributed by atoms with E-state index in [-0.39, 0.29) is 11.8 Å². The largest absolute Gasteiger partial charge is 0.312 e. The van der Waals surface area contributed by atoms with Crippen molar-refractivity contribution in [2.24, 2.45) is 0 Å².